The van der Waals surface area contributed by atoms with Gasteiger partial charge in [-0.3, -0.25) is 29.0 Å². The molecule has 0 spiro atoms. The van der Waals surface area contributed by atoms with Gasteiger partial charge < -0.3 is 78.4 Å². The number of carbonyl (C=O) groups excluding carboxylic acids is 4. The summed E-state index contributed by atoms with van der Waals surface area (Å²) in [4.78, 5) is 87.0. The van der Waals surface area contributed by atoms with Gasteiger partial charge in [0, 0.05) is 144 Å². The highest BCUT2D eigenvalue weighted by atomic mass is 35.5. The number of fused-ring (bicyclic) bond motifs is 4. The molecule has 2 saturated heterocycles. The molecule has 29 nitrogen and oxygen atoms in total. The average Bonchev–Trinajstić information content (AvgIpc) is 0.829. The van der Waals surface area contributed by atoms with E-state index in [1.54, 1.807) is 18.6 Å². The standard InChI is InChI=1S/C19H26N6O2.C18H21N5O2.C16H19N5O.C14H13ClN4O.C8H19N.C4H9NO/c1-12-10-20-18(23-17(12)24-19(2,11-26)25(3)4)21-14-6-7-15-13(9-14)5-8-16(27)22-15;1-11-8-19-17(22-16(11)23-18(2)9-25-10-18)20-13-4-5-14-12(7-13)3-6-15(24)21-14;1-10-9-17-16(20-15(10)21(2)3)18-12-5-6-13-11(8-12)4-7-14(22)19-13;1-8-7-16-14(19-13(8)15)17-10-3-4-11-9(6-10)2-5-12(20)18-11;1-6-9(7(2)3)8(4)5;1-4(5)2-6-3-4/h6-7,9-10,26H,5,8,11H2,1-4H3,(H,22,27)(H2,20,21,23,24);4-5,7-8H,3,6,9-10H2,1-2H3,(H,21,24)(H2,19,20,22,23);5-6,8-9H,4,7H2,1-3H3,(H,19,22)(H,17,18,20);3-4,6-7H,2,5H2,1H3,(H,18,20)(H,16,17,19);7-8H,6H2,1-5H3;2-3,5H2,1H3. The number of carbonyl (C=O) groups is 4. The first kappa shape index (κ1) is 82.8. The summed E-state index contributed by atoms with van der Waals surface area (Å²) >= 11 is 5.97. The lowest BCUT2D eigenvalue weighted by Crippen LogP contribution is -2.54. The Labute approximate surface area is 644 Å². The molecule has 4 amide bonds. The van der Waals surface area contributed by atoms with Crippen LogP contribution < -0.4 is 63.8 Å². The molecule has 2 fully saturated rings. The number of amides is 4. The van der Waals surface area contributed by atoms with Crippen molar-refractivity contribution in [1.29, 1.82) is 0 Å². The molecule has 10 heterocycles. The predicted molar refractivity (Wildman–Crippen MR) is 435 cm³/mol. The number of halogens is 1. The molecule has 6 aliphatic heterocycles. The lowest BCUT2D eigenvalue weighted by molar-refractivity contribution is -0.117. The molecule has 6 aliphatic rings. The van der Waals surface area contributed by atoms with Gasteiger partial charge in [-0.15, -0.1) is 0 Å². The lowest BCUT2D eigenvalue weighted by Gasteiger charge is -2.39. The molecule has 0 radical (unpaired) electrons. The van der Waals surface area contributed by atoms with E-state index in [2.05, 4.69) is 139 Å². The van der Waals surface area contributed by atoms with Crippen LogP contribution in [0.2, 0.25) is 5.15 Å². The van der Waals surface area contributed by atoms with E-state index in [1.165, 1.54) is 0 Å². The third-order valence-corrected chi connectivity index (χ3v) is 19.1. The van der Waals surface area contributed by atoms with Gasteiger partial charge in [-0.05, 0) is 218 Å². The molecule has 14 rings (SSSR count). The first-order chi connectivity index (χ1) is 51.7. The van der Waals surface area contributed by atoms with Crippen molar-refractivity contribution in [2.75, 3.05) is 126 Å². The van der Waals surface area contributed by atoms with Crippen molar-refractivity contribution in [3.8, 4) is 0 Å². The SMILES string of the molecule is CC1(N)COC1.CCN(C(C)C)C(C)C.Cc1cnc(Nc2ccc3c(c2)CCC(=O)N3)nc1Cl.Cc1cnc(Nc2ccc3c(c2)CCC(=O)N3)nc1N(C)C.Cc1cnc(Nc2ccc3c(c2)CCC(=O)N3)nc1NC(C)(CO)N(C)C.Cc1cnc(Nc2ccc3c(c2)CCC(=O)N3)nc1NC1(C)COC1. The van der Waals surface area contributed by atoms with Crippen LogP contribution in [0.15, 0.2) is 97.6 Å². The number of aliphatic hydroxyl groups excluding tert-OH is 1. The van der Waals surface area contributed by atoms with Crippen LogP contribution in [0.3, 0.4) is 0 Å². The molecule has 8 aromatic rings. The van der Waals surface area contributed by atoms with Crippen molar-refractivity contribution in [2.24, 2.45) is 5.73 Å². The molecule has 13 N–H and O–H groups in total. The second kappa shape index (κ2) is 37.2. The van der Waals surface area contributed by atoms with E-state index in [9.17, 15) is 24.3 Å². The number of ether oxygens (including phenoxy) is 2. The minimum Gasteiger partial charge on any atom is -0.393 e. The fourth-order valence-corrected chi connectivity index (χ4v) is 12.2. The van der Waals surface area contributed by atoms with Crippen LogP contribution in [0.4, 0.5) is 86.7 Å². The van der Waals surface area contributed by atoms with Crippen molar-refractivity contribution >= 4 is 122 Å². The summed E-state index contributed by atoms with van der Waals surface area (Å²) in [5, 5.41) is 41.2. The Morgan fingerprint density at radius 2 is 0.862 bits per heavy atom. The third-order valence-electron chi connectivity index (χ3n) is 18.7. The average molecular weight is 1510 g/mol. The van der Waals surface area contributed by atoms with Crippen LogP contribution in [0.5, 0.6) is 0 Å². The zero-order valence-corrected chi connectivity index (χ0v) is 66.3. The van der Waals surface area contributed by atoms with Gasteiger partial charge in [0.25, 0.3) is 0 Å². The smallest absolute Gasteiger partial charge is 0.229 e. The van der Waals surface area contributed by atoms with Crippen LogP contribution in [0, 0.1) is 27.7 Å². The van der Waals surface area contributed by atoms with E-state index in [1.807, 2.05) is 159 Å². The second-order valence-corrected chi connectivity index (χ2v) is 30.0. The number of aryl methyl sites for hydroxylation is 8. The molecule has 0 saturated carbocycles. The second-order valence-electron chi connectivity index (χ2n) is 29.7. The molecule has 30 heteroatoms. The number of hydrogen-bond acceptors (Lipinski definition) is 25. The molecule has 0 aliphatic carbocycles. The summed E-state index contributed by atoms with van der Waals surface area (Å²) in [6.45, 7) is 28.8. The number of benzene rings is 4. The van der Waals surface area contributed by atoms with Crippen molar-refractivity contribution in [2.45, 2.75) is 163 Å². The first-order valence-corrected chi connectivity index (χ1v) is 37.1. The van der Waals surface area contributed by atoms with Crippen LogP contribution in [-0.4, -0.2) is 175 Å². The predicted octanol–water partition coefficient (Wildman–Crippen LogP) is 12.1. The summed E-state index contributed by atoms with van der Waals surface area (Å²) in [6.07, 6.45) is 12.1. The minimum atomic E-state index is -0.638. The Balaban J connectivity index is 0.000000158. The topological polar surface area (TPSA) is 366 Å². The van der Waals surface area contributed by atoms with Gasteiger partial charge in [0.05, 0.1) is 44.1 Å². The van der Waals surface area contributed by atoms with Gasteiger partial charge in [-0.1, -0.05) is 18.5 Å². The number of nitrogens with zero attached hydrogens (tertiary/aromatic N) is 11. The van der Waals surface area contributed by atoms with E-state index in [4.69, 9.17) is 26.8 Å². The molecular formula is C79H107ClN22O7. The Kier molecular flexibility index (Phi) is 28.3. The molecule has 4 aromatic heterocycles. The highest BCUT2D eigenvalue weighted by molar-refractivity contribution is 6.30. The Morgan fingerprint density at radius 3 is 1.17 bits per heavy atom. The fourth-order valence-electron chi connectivity index (χ4n) is 12.1. The number of rotatable bonds is 18. The number of anilines is 15. The first-order valence-electron chi connectivity index (χ1n) is 36.8. The van der Waals surface area contributed by atoms with E-state index in [-0.39, 0.29) is 41.3 Å². The fraction of sp³-hybridized carbons (Fsp3) is 0.443. The largest absolute Gasteiger partial charge is 0.393 e. The molecule has 1 unspecified atom stereocenters. The lowest BCUT2D eigenvalue weighted by atomic mass is 10.0. The van der Waals surface area contributed by atoms with E-state index in [0.29, 0.717) is 85.7 Å². The van der Waals surface area contributed by atoms with Crippen LogP contribution >= 0.6 is 11.6 Å². The number of nitrogens with two attached hydrogens (primary N) is 1. The Bertz CT molecular complexity index is 4500. The number of likely N-dealkylation sites (N-methyl/N-ethyl adjacent to an activating group) is 1. The van der Waals surface area contributed by atoms with Crippen molar-refractivity contribution in [3.63, 3.8) is 0 Å². The van der Waals surface area contributed by atoms with Crippen molar-refractivity contribution < 1.29 is 33.8 Å². The van der Waals surface area contributed by atoms with Gasteiger partial charge >= 0.3 is 0 Å². The summed E-state index contributed by atoms with van der Waals surface area (Å²) < 4.78 is 10.1. The highest BCUT2D eigenvalue weighted by Gasteiger charge is 2.34. The Morgan fingerprint density at radius 1 is 0.523 bits per heavy atom. The maximum Gasteiger partial charge on any atom is 0.229 e. The zero-order valence-electron chi connectivity index (χ0n) is 65.6. The third kappa shape index (κ3) is 23.6. The molecule has 0 bridgehead atoms. The Hall–Kier alpha value is -10.3. The van der Waals surface area contributed by atoms with Gasteiger partial charge in [0.15, 0.2) is 0 Å². The monoisotopic (exact) mass is 1510 g/mol. The van der Waals surface area contributed by atoms with Crippen molar-refractivity contribution in [1.82, 2.24) is 49.7 Å². The van der Waals surface area contributed by atoms with Gasteiger partial charge in [0.2, 0.25) is 47.4 Å². The van der Waals surface area contributed by atoms with E-state index < -0.39 is 5.66 Å². The van der Waals surface area contributed by atoms with Gasteiger partial charge in [-0.2, -0.15) is 15.0 Å². The summed E-state index contributed by atoms with van der Waals surface area (Å²) in [6, 6.07) is 24.6. The van der Waals surface area contributed by atoms with Crippen molar-refractivity contribution in [3.05, 3.63) is 147 Å². The van der Waals surface area contributed by atoms with Crippen LogP contribution in [-0.2, 0) is 54.3 Å². The number of aliphatic hydroxyl groups is 1. The van der Waals surface area contributed by atoms with Gasteiger partial charge in [0.1, 0.15) is 28.3 Å². The maximum atomic E-state index is 11.5. The van der Waals surface area contributed by atoms with Gasteiger partial charge in [-0.25, -0.2) is 24.9 Å². The van der Waals surface area contributed by atoms with E-state index >= 15 is 0 Å². The maximum absolute atomic E-state index is 11.5. The van der Waals surface area contributed by atoms with E-state index in [0.717, 1.165) is 147 Å². The molecular weight excluding hydrogens is 1400 g/mol. The zero-order chi connectivity index (χ0) is 78.9. The summed E-state index contributed by atoms with van der Waals surface area (Å²) in [7, 11) is 7.71. The minimum absolute atomic E-state index is 0. The highest BCUT2D eigenvalue weighted by Crippen LogP contribution is 2.33. The summed E-state index contributed by atoms with van der Waals surface area (Å²) in [5.41, 5.74) is 20.0. The number of nitrogens with one attached hydrogen (secondary N) is 10. The molecule has 582 valence electrons. The van der Waals surface area contributed by atoms with Crippen LogP contribution in [0.1, 0.15) is 126 Å². The summed E-state index contributed by atoms with van der Waals surface area (Å²) in [5.74, 6) is 4.64. The number of aromatic nitrogens is 8. The normalized spacial score (nSPS) is 15.8. The quantitative estimate of drug-likeness (QED) is 0.0280. The molecule has 4 aromatic carbocycles. The van der Waals surface area contributed by atoms with Crippen LogP contribution in [0.25, 0.3) is 0 Å². The number of hydrogen-bond donors (Lipinski definition) is 12. The molecule has 1 atom stereocenters. The molecule has 109 heavy (non-hydrogen) atoms.